The molecule has 4 aromatic heterocycles. The third-order valence-electron chi connectivity index (χ3n) is 5.57. The van der Waals surface area contributed by atoms with Gasteiger partial charge in [0.2, 0.25) is 0 Å². The van der Waals surface area contributed by atoms with Crippen molar-refractivity contribution >= 4 is 50.4 Å². The summed E-state index contributed by atoms with van der Waals surface area (Å²) in [6, 6.07) is 11.9. The van der Waals surface area contributed by atoms with Gasteiger partial charge in [-0.1, -0.05) is 0 Å². The maximum atomic E-state index is 13.6. The standard InChI is InChI=1S/C25H17F4N5O3S2/c1-10-2-7-17(38-10)13-8-15(21(26)27)31-24-18(13)19(20(39-24)22(30)35)32-23(36)16-9-14(33-34-16)11-3-5-12(6-4-11)37-25(28)29/h2-9,21,25H,1H3,(H2,30,35)(H,32,36)(H,33,34). The Morgan fingerprint density at radius 2 is 1.79 bits per heavy atom. The quantitative estimate of drug-likeness (QED) is 0.180. The lowest BCUT2D eigenvalue weighted by atomic mass is 10.1. The summed E-state index contributed by atoms with van der Waals surface area (Å²) in [5.74, 6) is -1.58. The number of nitrogens with one attached hydrogen (secondary N) is 2. The van der Waals surface area contributed by atoms with Gasteiger partial charge < -0.3 is 15.8 Å². The number of carbonyl (C=O) groups excluding carboxylic acids is 2. The SMILES string of the molecule is Cc1ccc(-c2cc(C(F)F)nc3sc(C(N)=O)c(NC(=O)c4cc(-c5ccc(OC(F)F)cc5)n[nH]4)c23)s1. The van der Waals surface area contributed by atoms with Gasteiger partial charge in [-0.3, -0.25) is 14.7 Å². The van der Waals surface area contributed by atoms with Crippen LogP contribution in [-0.2, 0) is 0 Å². The number of rotatable bonds is 8. The van der Waals surface area contributed by atoms with Crippen LogP contribution >= 0.6 is 22.7 Å². The van der Waals surface area contributed by atoms with Gasteiger partial charge in [-0.2, -0.15) is 13.9 Å². The number of fused-ring (bicyclic) bond motifs is 1. The number of H-pyrrole nitrogens is 1. The number of aromatic nitrogens is 3. The van der Waals surface area contributed by atoms with Crippen molar-refractivity contribution in [2.75, 3.05) is 5.32 Å². The van der Waals surface area contributed by atoms with Crippen LogP contribution < -0.4 is 15.8 Å². The molecular weight excluding hydrogens is 558 g/mol. The lowest BCUT2D eigenvalue weighted by Gasteiger charge is -2.09. The summed E-state index contributed by atoms with van der Waals surface area (Å²) >= 11 is 2.16. The number of anilines is 1. The average Bonchev–Trinajstić information content (AvgIpc) is 3.62. The molecule has 0 aliphatic carbocycles. The van der Waals surface area contributed by atoms with Crippen LogP contribution in [0, 0.1) is 6.92 Å². The molecule has 200 valence electrons. The highest BCUT2D eigenvalue weighted by Crippen LogP contribution is 2.44. The van der Waals surface area contributed by atoms with Crippen molar-refractivity contribution in [2.24, 2.45) is 5.73 Å². The maximum Gasteiger partial charge on any atom is 0.387 e. The van der Waals surface area contributed by atoms with Gasteiger partial charge in [0.15, 0.2) is 0 Å². The summed E-state index contributed by atoms with van der Waals surface area (Å²) < 4.78 is 56.4. The third-order valence-corrected chi connectivity index (χ3v) is 7.70. The second-order valence-electron chi connectivity index (χ2n) is 8.18. The van der Waals surface area contributed by atoms with E-state index >= 15 is 0 Å². The largest absolute Gasteiger partial charge is 0.435 e. The zero-order chi connectivity index (χ0) is 27.8. The summed E-state index contributed by atoms with van der Waals surface area (Å²) in [6.07, 6.45) is -2.86. The number of halogens is 4. The molecular formula is C25H17F4N5O3S2. The molecule has 0 bridgehead atoms. The van der Waals surface area contributed by atoms with Gasteiger partial charge in [0.25, 0.3) is 18.2 Å². The highest BCUT2D eigenvalue weighted by atomic mass is 32.1. The van der Waals surface area contributed by atoms with Crippen molar-refractivity contribution in [1.82, 2.24) is 15.2 Å². The number of hydrogen-bond acceptors (Lipinski definition) is 7. The molecule has 0 radical (unpaired) electrons. The summed E-state index contributed by atoms with van der Waals surface area (Å²) in [7, 11) is 0. The Labute approximate surface area is 225 Å². The van der Waals surface area contributed by atoms with E-state index in [1.165, 1.54) is 47.7 Å². The van der Waals surface area contributed by atoms with Crippen LogP contribution in [0.25, 0.3) is 31.9 Å². The van der Waals surface area contributed by atoms with Crippen molar-refractivity contribution in [3.05, 3.63) is 69.7 Å². The first-order valence-corrected chi connectivity index (χ1v) is 12.8. The van der Waals surface area contributed by atoms with Crippen molar-refractivity contribution in [2.45, 2.75) is 20.0 Å². The topological polar surface area (TPSA) is 123 Å². The first-order valence-electron chi connectivity index (χ1n) is 11.1. The lowest BCUT2D eigenvalue weighted by molar-refractivity contribution is -0.0498. The molecule has 0 atom stereocenters. The van der Waals surface area contributed by atoms with E-state index in [-0.39, 0.29) is 26.8 Å². The molecule has 4 N–H and O–H groups in total. The van der Waals surface area contributed by atoms with E-state index in [4.69, 9.17) is 5.73 Å². The van der Waals surface area contributed by atoms with Gasteiger partial charge in [0.1, 0.15) is 26.8 Å². The number of hydrogen-bond donors (Lipinski definition) is 3. The maximum absolute atomic E-state index is 13.6. The van der Waals surface area contributed by atoms with Gasteiger partial charge in [0, 0.05) is 26.3 Å². The van der Waals surface area contributed by atoms with Gasteiger partial charge in [-0.15, -0.1) is 22.7 Å². The van der Waals surface area contributed by atoms with Crippen molar-refractivity contribution in [3.8, 4) is 27.4 Å². The number of thiophene rings is 2. The predicted octanol–water partition coefficient (Wildman–Crippen LogP) is 6.61. The minimum Gasteiger partial charge on any atom is -0.435 e. The van der Waals surface area contributed by atoms with Crippen molar-refractivity contribution < 1.29 is 31.9 Å². The monoisotopic (exact) mass is 575 g/mol. The summed E-state index contributed by atoms with van der Waals surface area (Å²) in [5, 5.41) is 9.66. The van der Waals surface area contributed by atoms with E-state index in [9.17, 15) is 27.2 Å². The van der Waals surface area contributed by atoms with Gasteiger partial charge >= 0.3 is 6.61 Å². The fourth-order valence-electron chi connectivity index (χ4n) is 3.87. The summed E-state index contributed by atoms with van der Waals surface area (Å²) in [5.41, 5.74) is 6.40. The predicted molar refractivity (Wildman–Crippen MR) is 140 cm³/mol. The molecule has 0 unspecified atom stereocenters. The minimum absolute atomic E-state index is 0.0124. The van der Waals surface area contributed by atoms with E-state index in [1.807, 2.05) is 13.0 Å². The van der Waals surface area contributed by atoms with E-state index in [0.717, 1.165) is 16.2 Å². The Bertz CT molecular complexity index is 1700. The second-order valence-corrected chi connectivity index (χ2v) is 10.5. The molecule has 0 saturated carbocycles. The van der Waals surface area contributed by atoms with Crippen LogP contribution in [0.3, 0.4) is 0 Å². The van der Waals surface area contributed by atoms with Crippen LogP contribution in [0.15, 0.2) is 48.5 Å². The molecule has 39 heavy (non-hydrogen) atoms. The molecule has 5 aromatic rings. The van der Waals surface area contributed by atoms with Crippen LogP contribution in [0.2, 0.25) is 0 Å². The number of amides is 2. The Balaban J connectivity index is 1.53. The van der Waals surface area contributed by atoms with Crippen LogP contribution in [0.4, 0.5) is 23.2 Å². The molecule has 4 heterocycles. The average molecular weight is 576 g/mol. The molecule has 8 nitrogen and oxygen atoms in total. The molecule has 5 rings (SSSR count). The molecule has 0 aliphatic rings. The number of carbonyl (C=O) groups is 2. The van der Waals surface area contributed by atoms with E-state index in [1.54, 1.807) is 6.07 Å². The number of aryl methyl sites for hydroxylation is 1. The fraction of sp³-hybridized carbons (Fsp3) is 0.120. The van der Waals surface area contributed by atoms with Crippen molar-refractivity contribution in [1.29, 1.82) is 0 Å². The number of primary amides is 1. The third kappa shape index (κ3) is 5.33. The van der Waals surface area contributed by atoms with Crippen molar-refractivity contribution in [3.63, 3.8) is 0 Å². The Morgan fingerprint density at radius 3 is 2.41 bits per heavy atom. The first kappa shape index (κ1) is 26.3. The second kappa shape index (κ2) is 10.5. The molecule has 2 amide bonds. The number of nitrogens with two attached hydrogens (primary N) is 1. The molecule has 0 spiro atoms. The molecule has 14 heteroatoms. The molecule has 1 aromatic carbocycles. The van der Waals surface area contributed by atoms with Crippen LogP contribution in [0.1, 0.15) is 37.2 Å². The number of benzene rings is 1. The van der Waals surface area contributed by atoms with Gasteiger partial charge in [-0.25, -0.2) is 13.8 Å². The molecule has 0 fully saturated rings. The van der Waals surface area contributed by atoms with E-state index < -0.39 is 30.5 Å². The smallest absolute Gasteiger partial charge is 0.387 e. The lowest BCUT2D eigenvalue weighted by Crippen LogP contribution is -2.17. The van der Waals surface area contributed by atoms with Crippen LogP contribution in [0.5, 0.6) is 5.75 Å². The van der Waals surface area contributed by atoms with E-state index in [2.05, 4.69) is 25.2 Å². The fourth-order valence-corrected chi connectivity index (χ4v) is 5.77. The summed E-state index contributed by atoms with van der Waals surface area (Å²) in [4.78, 5) is 31.2. The number of ether oxygens (including phenoxy) is 1. The molecule has 0 aliphatic heterocycles. The van der Waals surface area contributed by atoms with Crippen LogP contribution in [-0.4, -0.2) is 33.6 Å². The first-order chi connectivity index (χ1) is 18.6. The zero-order valence-corrected chi connectivity index (χ0v) is 21.4. The normalized spacial score (nSPS) is 11.5. The number of alkyl halides is 4. The van der Waals surface area contributed by atoms with Gasteiger partial charge in [0.05, 0.1) is 11.4 Å². The Kier molecular flexibility index (Phi) is 7.06. The van der Waals surface area contributed by atoms with E-state index in [0.29, 0.717) is 27.1 Å². The Morgan fingerprint density at radius 1 is 1.05 bits per heavy atom. The minimum atomic E-state index is -2.96. The van der Waals surface area contributed by atoms with Gasteiger partial charge in [-0.05, 0) is 55.5 Å². The number of nitrogens with zero attached hydrogens (tertiary/aromatic N) is 2. The number of aromatic amines is 1. The zero-order valence-electron chi connectivity index (χ0n) is 19.8. The number of pyridine rings is 1. The Hall–Kier alpha value is -4.30. The highest BCUT2D eigenvalue weighted by Gasteiger charge is 2.26. The highest BCUT2D eigenvalue weighted by molar-refractivity contribution is 7.21. The molecule has 0 saturated heterocycles. The summed E-state index contributed by atoms with van der Waals surface area (Å²) in [6.45, 7) is -1.10.